The van der Waals surface area contributed by atoms with Gasteiger partial charge in [0.15, 0.2) is 0 Å². The molecule has 0 saturated heterocycles. The van der Waals surface area contributed by atoms with Crippen molar-refractivity contribution in [2.24, 2.45) is 11.3 Å². The maximum absolute atomic E-state index is 13.9. The molecule has 0 amide bonds. The zero-order chi connectivity index (χ0) is 15.0. The second-order valence-corrected chi connectivity index (χ2v) is 7.62. The predicted molar refractivity (Wildman–Crippen MR) is 81.5 cm³/mol. The Morgan fingerprint density at radius 1 is 1.35 bits per heavy atom. The van der Waals surface area contributed by atoms with Gasteiger partial charge in [0, 0.05) is 11.4 Å². The Labute approximate surface area is 126 Å². The van der Waals surface area contributed by atoms with Gasteiger partial charge >= 0.3 is 0 Å². The summed E-state index contributed by atoms with van der Waals surface area (Å²) in [5.74, 6) is -0.0943. The van der Waals surface area contributed by atoms with Crippen molar-refractivity contribution in [3.05, 3.63) is 34.6 Å². The molecule has 2 unspecified atom stereocenters. The summed E-state index contributed by atoms with van der Waals surface area (Å²) in [5.41, 5.74) is -0.289. The fraction of sp³-hybridized carbons (Fsp3) is 0.647. The quantitative estimate of drug-likeness (QED) is 0.815. The van der Waals surface area contributed by atoms with Gasteiger partial charge < -0.3 is 5.11 Å². The lowest BCUT2D eigenvalue weighted by Gasteiger charge is -2.47. The molecule has 1 aromatic rings. The lowest BCUT2D eigenvalue weighted by molar-refractivity contribution is -0.0893. The average Bonchev–Trinajstić information content (AvgIpc) is 2.32. The van der Waals surface area contributed by atoms with Crippen molar-refractivity contribution in [2.45, 2.75) is 58.5 Å². The standard InChI is InChI=1S/C17H24ClFO/c1-16(2,3)15-6-4-5-9-17(15,20)11-12-10-13(18)7-8-14(12)19/h7-8,10,15,20H,4-6,9,11H2,1-3H3. The SMILES string of the molecule is CC(C)(C)C1CCCCC1(O)Cc1cc(Cl)ccc1F. The lowest BCUT2D eigenvalue weighted by Crippen LogP contribution is -2.48. The van der Waals surface area contributed by atoms with E-state index in [1.54, 1.807) is 12.1 Å². The molecule has 0 aromatic heterocycles. The first-order valence-corrected chi connectivity index (χ1v) is 7.76. The minimum atomic E-state index is -0.831. The monoisotopic (exact) mass is 298 g/mol. The van der Waals surface area contributed by atoms with E-state index in [4.69, 9.17) is 11.6 Å². The molecule has 1 aliphatic carbocycles. The summed E-state index contributed by atoms with van der Waals surface area (Å²) in [7, 11) is 0. The van der Waals surface area contributed by atoms with E-state index in [9.17, 15) is 9.50 Å². The molecule has 20 heavy (non-hydrogen) atoms. The highest BCUT2D eigenvalue weighted by molar-refractivity contribution is 6.30. The Kier molecular flexibility index (Phi) is 4.46. The van der Waals surface area contributed by atoms with Gasteiger partial charge in [-0.25, -0.2) is 4.39 Å². The van der Waals surface area contributed by atoms with Crippen LogP contribution in [-0.4, -0.2) is 10.7 Å². The minimum Gasteiger partial charge on any atom is -0.389 e. The van der Waals surface area contributed by atoms with Crippen LogP contribution in [-0.2, 0) is 6.42 Å². The van der Waals surface area contributed by atoms with E-state index in [-0.39, 0.29) is 17.2 Å². The molecule has 0 bridgehead atoms. The van der Waals surface area contributed by atoms with Gasteiger partial charge in [-0.1, -0.05) is 45.2 Å². The molecule has 1 saturated carbocycles. The van der Waals surface area contributed by atoms with Crippen molar-refractivity contribution >= 4 is 11.6 Å². The van der Waals surface area contributed by atoms with Crippen LogP contribution in [0.3, 0.4) is 0 Å². The van der Waals surface area contributed by atoms with Crippen LogP contribution >= 0.6 is 11.6 Å². The third-order valence-electron chi connectivity index (χ3n) is 4.55. The van der Waals surface area contributed by atoms with Crippen molar-refractivity contribution in [2.75, 3.05) is 0 Å². The topological polar surface area (TPSA) is 20.2 Å². The fourth-order valence-electron chi connectivity index (χ4n) is 3.68. The van der Waals surface area contributed by atoms with Crippen LogP contribution < -0.4 is 0 Å². The summed E-state index contributed by atoms with van der Waals surface area (Å²) in [6, 6.07) is 4.58. The largest absolute Gasteiger partial charge is 0.389 e. The molecule has 0 radical (unpaired) electrons. The van der Waals surface area contributed by atoms with Gasteiger partial charge in [0.05, 0.1) is 5.60 Å². The Balaban J connectivity index is 2.30. The molecule has 1 aliphatic rings. The maximum Gasteiger partial charge on any atom is 0.126 e. The molecule has 0 aliphatic heterocycles. The number of hydrogen-bond donors (Lipinski definition) is 1. The molecule has 0 spiro atoms. The number of rotatable bonds is 2. The highest BCUT2D eigenvalue weighted by Gasteiger charge is 2.45. The molecule has 2 rings (SSSR count). The highest BCUT2D eigenvalue weighted by atomic mass is 35.5. The summed E-state index contributed by atoms with van der Waals surface area (Å²) in [6.45, 7) is 6.47. The van der Waals surface area contributed by atoms with Crippen LogP contribution in [0.4, 0.5) is 4.39 Å². The average molecular weight is 299 g/mol. The third-order valence-corrected chi connectivity index (χ3v) is 4.79. The Bertz CT molecular complexity index is 480. The van der Waals surface area contributed by atoms with Crippen LogP contribution in [0.2, 0.25) is 5.02 Å². The molecule has 2 atom stereocenters. The fourth-order valence-corrected chi connectivity index (χ4v) is 3.88. The molecule has 112 valence electrons. The van der Waals surface area contributed by atoms with Gasteiger partial charge in [-0.2, -0.15) is 0 Å². The zero-order valence-electron chi connectivity index (χ0n) is 12.5. The summed E-state index contributed by atoms with van der Waals surface area (Å²) in [4.78, 5) is 0. The Morgan fingerprint density at radius 3 is 2.70 bits per heavy atom. The van der Waals surface area contributed by atoms with Crippen molar-refractivity contribution in [3.8, 4) is 0 Å². The van der Waals surface area contributed by atoms with E-state index in [1.165, 1.54) is 6.07 Å². The number of benzene rings is 1. The van der Waals surface area contributed by atoms with Crippen LogP contribution in [0, 0.1) is 17.2 Å². The zero-order valence-corrected chi connectivity index (χ0v) is 13.3. The molecular formula is C17H24ClFO. The van der Waals surface area contributed by atoms with Crippen LogP contribution in [0.15, 0.2) is 18.2 Å². The first kappa shape index (κ1) is 15.8. The molecule has 1 N–H and O–H groups in total. The molecule has 1 aromatic carbocycles. The van der Waals surface area contributed by atoms with Crippen molar-refractivity contribution in [3.63, 3.8) is 0 Å². The summed E-state index contributed by atoms with van der Waals surface area (Å²) in [5, 5.41) is 11.6. The van der Waals surface area contributed by atoms with Gasteiger partial charge in [-0.15, -0.1) is 0 Å². The lowest BCUT2D eigenvalue weighted by atomic mass is 9.62. The van der Waals surface area contributed by atoms with Crippen LogP contribution in [0.5, 0.6) is 0 Å². The number of hydrogen-bond acceptors (Lipinski definition) is 1. The van der Waals surface area contributed by atoms with Crippen molar-refractivity contribution in [1.29, 1.82) is 0 Å². The van der Waals surface area contributed by atoms with Gasteiger partial charge in [0.25, 0.3) is 0 Å². The first-order valence-electron chi connectivity index (χ1n) is 7.39. The van der Waals surface area contributed by atoms with E-state index < -0.39 is 5.60 Å². The van der Waals surface area contributed by atoms with Crippen molar-refractivity contribution in [1.82, 2.24) is 0 Å². The Hall–Kier alpha value is -0.600. The van der Waals surface area contributed by atoms with Crippen molar-refractivity contribution < 1.29 is 9.50 Å². The minimum absolute atomic E-state index is 0.0181. The molecule has 1 fully saturated rings. The molecular weight excluding hydrogens is 275 g/mol. The molecule has 0 heterocycles. The predicted octanol–water partition coefficient (Wildman–Crippen LogP) is 4.99. The summed E-state index contributed by atoms with van der Waals surface area (Å²) < 4.78 is 13.9. The maximum atomic E-state index is 13.9. The van der Waals surface area contributed by atoms with E-state index in [0.29, 0.717) is 17.0 Å². The van der Waals surface area contributed by atoms with E-state index >= 15 is 0 Å². The van der Waals surface area contributed by atoms with Gasteiger partial charge in [0.1, 0.15) is 5.82 Å². The smallest absolute Gasteiger partial charge is 0.126 e. The summed E-state index contributed by atoms with van der Waals surface area (Å²) >= 11 is 5.96. The van der Waals surface area contributed by atoms with E-state index in [2.05, 4.69) is 20.8 Å². The summed E-state index contributed by atoms with van der Waals surface area (Å²) in [6.07, 6.45) is 4.23. The van der Waals surface area contributed by atoms with E-state index in [0.717, 1.165) is 25.7 Å². The van der Waals surface area contributed by atoms with Gasteiger partial charge in [-0.05, 0) is 47.9 Å². The second kappa shape index (κ2) is 5.65. The van der Waals surface area contributed by atoms with Crippen LogP contribution in [0.1, 0.15) is 52.0 Å². The van der Waals surface area contributed by atoms with E-state index in [1.807, 2.05) is 0 Å². The molecule has 3 heteroatoms. The van der Waals surface area contributed by atoms with Crippen LogP contribution in [0.25, 0.3) is 0 Å². The third kappa shape index (κ3) is 3.35. The first-order chi connectivity index (χ1) is 9.22. The Morgan fingerprint density at radius 2 is 2.05 bits per heavy atom. The number of halogens is 2. The highest BCUT2D eigenvalue weighted by Crippen LogP contribution is 2.46. The molecule has 1 nitrogen and oxygen atoms in total. The van der Waals surface area contributed by atoms with Gasteiger partial charge in [-0.3, -0.25) is 0 Å². The number of aliphatic hydroxyl groups is 1. The van der Waals surface area contributed by atoms with Gasteiger partial charge in [0.2, 0.25) is 0 Å². The second-order valence-electron chi connectivity index (χ2n) is 7.18. The normalized spacial score (nSPS) is 27.6.